The molecule has 0 aliphatic carbocycles. The Morgan fingerprint density at radius 2 is 1.47 bits per heavy atom. The maximum absolute atomic E-state index is 5.47. The molecule has 1 saturated heterocycles. The molecule has 0 saturated carbocycles. The Kier molecular flexibility index (Phi) is 6.95. The fourth-order valence-electron chi connectivity index (χ4n) is 3.91. The van der Waals surface area contributed by atoms with Crippen LogP contribution in [0.2, 0.25) is 0 Å². The van der Waals surface area contributed by atoms with Crippen LogP contribution in [-0.2, 0) is 24.4 Å². The molecule has 4 rings (SSSR count). The van der Waals surface area contributed by atoms with Crippen molar-refractivity contribution in [2.75, 3.05) is 33.4 Å². The van der Waals surface area contributed by atoms with Crippen molar-refractivity contribution in [2.24, 2.45) is 4.99 Å². The zero-order valence-electron chi connectivity index (χ0n) is 17.6. The number of nitrogens with one attached hydrogen (secondary N) is 2. The van der Waals surface area contributed by atoms with Crippen molar-refractivity contribution in [3.63, 3.8) is 0 Å². The summed E-state index contributed by atoms with van der Waals surface area (Å²) in [6.45, 7) is 6.08. The molecule has 0 spiro atoms. The number of benzene rings is 3. The Morgan fingerprint density at radius 3 is 2.27 bits per heavy atom. The molecule has 1 fully saturated rings. The van der Waals surface area contributed by atoms with Crippen LogP contribution in [0.25, 0.3) is 10.8 Å². The lowest BCUT2D eigenvalue weighted by atomic mass is 10.0. The minimum atomic E-state index is 0.733. The van der Waals surface area contributed by atoms with Gasteiger partial charge in [-0.05, 0) is 27.5 Å². The van der Waals surface area contributed by atoms with Crippen molar-refractivity contribution in [2.45, 2.75) is 19.6 Å². The van der Waals surface area contributed by atoms with Gasteiger partial charge in [-0.15, -0.1) is 0 Å². The molecule has 0 amide bonds. The topological polar surface area (TPSA) is 48.9 Å². The molecule has 5 nitrogen and oxygen atoms in total. The van der Waals surface area contributed by atoms with Gasteiger partial charge in [0.15, 0.2) is 5.96 Å². The number of ether oxygens (including phenoxy) is 1. The van der Waals surface area contributed by atoms with Gasteiger partial charge >= 0.3 is 0 Å². The third kappa shape index (κ3) is 5.17. The lowest BCUT2D eigenvalue weighted by Gasteiger charge is -2.27. The Balaban J connectivity index is 1.37. The van der Waals surface area contributed by atoms with Crippen molar-refractivity contribution in [3.05, 3.63) is 83.4 Å². The number of aliphatic imine (C=N–C) groups is 1. The van der Waals surface area contributed by atoms with Gasteiger partial charge in [-0.25, -0.2) is 0 Å². The summed E-state index contributed by atoms with van der Waals surface area (Å²) >= 11 is 0. The zero-order chi connectivity index (χ0) is 20.6. The van der Waals surface area contributed by atoms with Gasteiger partial charge < -0.3 is 15.4 Å². The molecule has 3 aromatic carbocycles. The summed E-state index contributed by atoms with van der Waals surface area (Å²) in [6.07, 6.45) is 0. The van der Waals surface area contributed by atoms with Gasteiger partial charge in [0, 0.05) is 39.8 Å². The van der Waals surface area contributed by atoms with Crippen molar-refractivity contribution in [3.8, 4) is 0 Å². The van der Waals surface area contributed by atoms with E-state index in [1.165, 1.54) is 27.5 Å². The van der Waals surface area contributed by atoms with Crippen LogP contribution < -0.4 is 10.6 Å². The number of nitrogens with zero attached hydrogens (tertiary/aromatic N) is 2. The Bertz CT molecular complexity index is 990. The molecular formula is C25H30N4O. The second-order valence-corrected chi connectivity index (χ2v) is 7.57. The van der Waals surface area contributed by atoms with Crippen LogP contribution in [0.15, 0.2) is 71.7 Å². The van der Waals surface area contributed by atoms with Crippen LogP contribution in [0.3, 0.4) is 0 Å². The standard InChI is InChI=1S/C25H30N4O/c1-26-25(28-18-22-11-6-10-20-7-4-5-12-24(20)22)27-17-21-8-2-3-9-23(21)19-29-13-15-30-16-14-29/h2-12H,13-19H2,1H3,(H2,26,27,28). The average molecular weight is 403 g/mol. The first-order valence-corrected chi connectivity index (χ1v) is 10.6. The van der Waals surface area contributed by atoms with Crippen molar-refractivity contribution in [1.29, 1.82) is 0 Å². The summed E-state index contributed by atoms with van der Waals surface area (Å²) in [5, 5.41) is 9.48. The first kappa shape index (κ1) is 20.4. The Hall–Kier alpha value is -2.89. The predicted octanol–water partition coefficient (Wildman–Crippen LogP) is 3.54. The molecule has 2 N–H and O–H groups in total. The van der Waals surface area contributed by atoms with Gasteiger partial charge in [0.25, 0.3) is 0 Å². The number of rotatable bonds is 6. The second kappa shape index (κ2) is 10.2. The highest BCUT2D eigenvalue weighted by Gasteiger charge is 2.13. The van der Waals surface area contributed by atoms with Gasteiger partial charge in [-0.1, -0.05) is 66.7 Å². The number of morpholine rings is 1. The zero-order valence-corrected chi connectivity index (χ0v) is 17.6. The molecule has 0 unspecified atom stereocenters. The average Bonchev–Trinajstić information content (AvgIpc) is 2.81. The van der Waals surface area contributed by atoms with Gasteiger partial charge in [-0.3, -0.25) is 9.89 Å². The summed E-state index contributed by atoms with van der Waals surface area (Å²) < 4.78 is 5.47. The van der Waals surface area contributed by atoms with E-state index in [1.54, 1.807) is 0 Å². The number of hydrogen-bond acceptors (Lipinski definition) is 3. The molecule has 156 valence electrons. The summed E-state index contributed by atoms with van der Waals surface area (Å²) in [5.41, 5.74) is 3.93. The molecule has 1 aliphatic rings. The van der Waals surface area contributed by atoms with Crippen molar-refractivity contribution < 1.29 is 4.74 Å². The first-order valence-electron chi connectivity index (χ1n) is 10.6. The van der Waals surface area contributed by atoms with Gasteiger partial charge in [0.2, 0.25) is 0 Å². The molecule has 1 heterocycles. The smallest absolute Gasteiger partial charge is 0.191 e. The van der Waals surface area contributed by atoms with E-state index in [9.17, 15) is 0 Å². The van der Waals surface area contributed by atoms with E-state index in [0.29, 0.717) is 0 Å². The van der Waals surface area contributed by atoms with Crippen LogP contribution in [0.1, 0.15) is 16.7 Å². The molecule has 0 aromatic heterocycles. The maximum Gasteiger partial charge on any atom is 0.191 e. The van der Waals surface area contributed by atoms with Gasteiger partial charge in [-0.2, -0.15) is 0 Å². The van der Waals surface area contributed by atoms with Crippen molar-refractivity contribution in [1.82, 2.24) is 15.5 Å². The van der Waals surface area contributed by atoms with Gasteiger partial charge in [0.05, 0.1) is 13.2 Å². The van der Waals surface area contributed by atoms with Crippen LogP contribution in [0, 0.1) is 0 Å². The summed E-state index contributed by atoms with van der Waals surface area (Å²) in [7, 11) is 1.82. The third-order valence-electron chi connectivity index (χ3n) is 5.61. The number of fused-ring (bicyclic) bond motifs is 1. The van der Waals surface area contributed by atoms with Crippen LogP contribution in [-0.4, -0.2) is 44.2 Å². The summed E-state index contributed by atoms with van der Waals surface area (Å²) in [5.74, 6) is 0.809. The third-order valence-corrected chi connectivity index (χ3v) is 5.61. The molecule has 0 atom stereocenters. The number of guanidine groups is 1. The van der Waals surface area contributed by atoms with E-state index >= 15 is 0 Å². The predicted molar refractivity (Wildman–Crippen MR) is 124 cm³/mol. The van der Waals surface area contributed by atoms with Crippen molar-refractivity contribution >= 4 is 16.7 Å². The molecule has 5 heteroatoms. The SMILES string of the molecule is CN=C(NCc1ccccc1CN1CCOCC1)NCc1cccc2ccccc12. The van der Waals surface area contributed by atoms with E-state index in [4.69, 9.17) is 4.74 Å². The molecule has 3 aromatic rings. The van der Waals surface area contributed by atoms with Crippen LogP contribution in [0.5, 0.6) is 0 Å². The van der Waals surface area contributed by atoms with E-state index in [0.717, 1.165) is 51.9 Å². The second-order valence-electron chi connectivity index (χ2n) is 7.57. The van der Waals surface area contributed by atoms with Crippen LogP contribution >= 0.6 is 0 Å². The highest BCUT2D eigenvalue weighted by Crippen LogP contribution is 2.18. The normalized spacial score (nSPS) is 15.3. The summed E-state index contributed by atoms with van der Waals surface area (Å²) in [4.78, 5) is 6.87. The maximum atomic E-state index is 5.47. The van der Waals surface area contributed by atoms with Crippen LogP contribution in [0.4, 0.5) is 0 Å². The lowest BCUT2D eigenvalue weighted by Crippen LogP contribution is -2.37. The minimum Gasteiger partial charge on any atom is -0.379 e. The Morgan fingerprint density at radius 1 is 0.833 bits per heavy atom. The lowest BCUT2D eigenvalue weighted by molar-refractivity contribution is 0.0341. The highest BCUT2D eigenvalue weighted by atomic mass is 16.5. The van der Waals surface area contributed by atoms with E-state index in [-0.39, 0.29) is 0 Å². The van der Waals surface area contributed by atoms with Gasteiger partial charge in [0.1, 0.15) is 0 Å². The molecule has 0 bridgehead atoms. The molecular weight excluding hydrogens is 372 g/mol. The quantitative estimate of drug-likeness (QED) is 0.489. The van der Waals surface area contributed by atoms with E-state index in [2.05, 4.69) is 87.3 Å². The first-order chi connectivity index (χ1) is 14.8. The molecule has 30 heavy (non-hydrogen) atoms. The minimum absolute atomic E-state index is 0.733. The molecule has 0 radical (unpaired) electrons. The Labute approximate surface area is 178 Å². The summed E-state index contributed by atoms with van der Waals surface area (Å²) in [6, 6.07) is 23.5. The highest BCUT2D eigenvalue weighted by molar-refractivity contribution is 5.86. The van der Waals surface area contributed by atoms with E-state index in [1.807, 2.05) is 7.05 Å². The molecule has 1 aliphatic heterocycles. The number of hydrogen-bond donors (Lipinski definition) is 2. The monoisotopic (exact) mass is 402 g/mol. The fraction of sp³-hybridized carbons (Fsp3) is 0.320. The fourth-order valence-corrected chi connectivity index (χ4v) is 3.91. The largest absolute Gasteiger partial charge is 0.379 e. The van der Waals surface area contributed by atoms with E-state index < -0.39 is 0 Å².